The Bertz CT molecular complexity index is 1050. The van der Waals surface area contributed by atoms with Crippen molar-refractivity contribution in [3.63, 3.8) is 0 Å². The van der Waals surface area contributed by atoms with E-state index in [0.717, 1.165) is 4.31 Å². The van der Waals surface area contributed by atoms with Crippen LogP contribution in [0.1, 0.15) is 25.3 Å². The van der Waals surface area contributed by atoms with Crippen LogP contribution in [0.25, 0.3) is 0 Å². The molecule has 0 aliphatic carbocycles. The van der Waals surface area contributed by atoms with Crippen molar-refractivity contribution >= 4 is 27.6 Å². The first-order valence-electron chi connectivity index (χ1n) is 9.42. The second-order valence-corrected chi connectivity index (χ2v) is 9.61. The van der Waals surface area contributed by atoms with E-state index in [1.54, 1.807) is 0 Å². The highest BCUT2D eigenvalue weighted by Gasteiger charge is 2.49. The topological polar surface area (TPSA) is 150 Å². The minimum absolute atomic E-state index is 0.00321. The summed E-state index contributed by atoms with van der Waals surface area (Å²) in [5.41, 5.74) is -1.11. The van der Waals surface area contributed by atoms with Gasteiger partial charge in [0.15, 0.2) is 6.04 Å². The molecule has 0 aromatic heterocycles. The van der Waals surface area contributed by atoms with Crippen LogP contribution in [-0.2, 0) is 21.4 Å². The van der Waals surface area contributed by atoms with Gasteiger partial charge in [0.05, 0.1) is 15.5 Å². The smallest absolute Gasteiger partial charge is 0.325 e. The van der Waals surface area contributed by atoms with Gasteiger partial charge in [-0.2, -0.15) is 4.31 Å². The first-order valence-corrected chi connectivity index (χ1v) is 11.2. The maximum atomic E-state index is 13.1. The molecule has 1 aliphatic heterocycles. The molecule has 0 radical (unpaired) electrons. The number of nitrogens with two attached hydrogens (primary N) is 1. The van der Waals surface area contributed by atoms with Crippen LogP contribution >= 0.6 is 11.6 Å². The Hall–Kier alpha value is -2.28. The Morgan fingerprint density at radius 1 is 1.28 bits per heavy atom. The molecule has 32 heavy (non-hydrogen) atoms. The molecule has 176 valence electrons. The van der Waals surface area contributed by atoms with Gasteiger partial charge in [0.2, 0.25) is 10.0 Å². The van der Waals surface area contributed by atoms with Crippen molar-refractivity contribution in [2.45, 2.75) is 42.9 Å². The van der Waals surface area contributed by atoms with E-state index in [4.69, 9.17) is 21.5 Å². The van der Waals surface area contributed by atoms with Crippen LogP contribution in [0.3, 0.4) is 0 Å². The van der Waals surface area contributed by atoms with E-state index in [0.29, 0.717) is 17.7 Å². The van der Waals surface area contributed by atoms with Crippen LogP contribution in [0.2, 0.25) is 5.02 Å². The summed E-state index contributed by atoms with van der Waals surface area (Å²) < 4.78 is 45.5. The van der Waals surface area contributed by atoms with Gasteiger partial charge in [0.25, 0.3) is 0 Å². The average Bonchev–Trinajstić information content (AvgIpc) is 2.73. The molecule has 9 nitrogen and oxygen atoms in total. The fraction of sp³-hybridized carbons (Fsp3) is 0.350. The van der Waals surface area contributed by atoms with Gasteiger partial charge >= 0.3 is 5.97 Å². The van der Waals surface area contributed by atoms with Gasteiger partial charge in [-0.15, -0.1) is 0 Å². The fourth-order valence-electron chi connectivity index (χ4n) is 3.46. The normalized spacial score (nSPS) is 21.4. The largest absolute Gasteiger partial charge is 0.489 e. The molecular weight excluding hydrogens is 467 g/mol. The van der Waals surface area contributed by atoms with Crippen molar-refractivity contribution in [2.75, 3.05) is 6.54 Å². The number of hydrogen-bond donors (Lipinski definition) is 4. The van der Waals surface area contributed by atoms with Crippen molar-refractivity contribution < 1.29 is 37.8 Å². The number of piperidine rings is 1. The number of nitrogens with zero attached hydrogens (tertiary/aromatic N) is 1. The molecule has 1 saturated heterocycles. The monoisotopic (exact) mass is 490 g/mol. The number of sulfonamides is 1. The molecule has 12 heteroatoms. The van der Waals surface area contributed by atoms with Crippen LogP contribution < -0.4 is 10.6 Å². The number of ether oxygens (including phenoxy) is 1. The summed E-state index contributed by atoms with van der Waals surface area (Å²) in [6.07, 6.45) is 0.532. The molecule has 0 bridgehead atoms. The third-order valence-electron chi connectivity index (χ3n) is 5.01. The SMILES string of the molecule is CC1(O)CCCN(S(=O)(=O)c2ccc(OCc3ccc(F)cc3Cl)cc2)C1C(=O)O.NO. The molecular formula is C20H24ClFN2O7S. The Balaban J connectivity index is 0.00000176. The molecule has 1 heterocycles. The minimum Gasteiger partial charge on any atom is -0.489 e. The number of halogens is 2. The first kappa shape index (κ1) is 26.0. The van der Waals surface area contributed by atoms with Gasteiger partial charge < -0.3 is 20.2 Å². The zero-order valence-corrected chi connectivity index (χ0v) is 18.7. The molecule has 2 atom stereocenters. The summed E-state index contributed by atoms with van der Waals surface area (Å²) in [6.45, 7) is 1.38. The van der Waals surface area contributed by atoms with Gasteiger partial charge in [0, 0.05) is 12.1 Å². The van der Waals surface area contributed by atoms with Crippen LogP contribution in [0.5, 0.6) is 5.75 Å². The number of aliphatic carboxylic acids is 1. The zero-order valence-electron chi connectivity index (χ0n) is 17.1. The minimum atomic E-state index is -4.15. The lowest BCUT2D eigenvalue weighted by Crippen LogP contribution is -2.60. The maximum absolute atomic E-state index is 13.1. The summed E-state index contributed by atoms with van der Waals surface area (Å²) in [5, 5.41) is 26.6. The van der Waals surface area contributed by atoms with E-state index in [1.165, 1.54) is 49.4 Å². The van der Waals surface area contributed by atoms with Gasteiger partial charge in [-0.05, 0) is 56.2 Å². The number of carboxylic acid groups (broad SMARTS) is 1. The van der Waals surface area contributed by atoms with Crippen LogP contribution in [0.15, 0.2) is 47.4 Å². The molecule has 2 aromatic carbocycles. The zero-order chi connectivity index (χ0) is 24.1. The predicted molar refractivity (Wildman–Crippen MR) is 113 cm³/mol. The van der Waals surface area contributed by atoms with Crippen molar-refractivity contribution in [1.82, 2.24) is 4.31 Å². The summed E-state index contributed by atoms with van der Waals surface area (Å²) in [5.74, 6) is 1.99. The number of aliphatic hydroxyl groups is 1. The summed E-state index contributed by atoms with van der Waals surface area (Å²) in [4.78, 5) is 11.5. The van der Waals surface area contributed by atoms with E-state index < -0.39 is 33.5 Å². The van der Waals surface area contributed by atoms with Gasteiger partial charge in [-0.25, -0.2) is 18.7 Å². The van der Waals surface area contributed by atoms with E-state index in [2.05, 4.69) is 5.90 Å². The van der Waals surface area contributed by atoms with E-state index in [-0.39, 0.29) is 29.5 Å². The second-order valence-electron chi connectivity index (χ2n) is 7.31. The molecule has 1 fully saturated rings. The lowest BCUT2D eigenvalue weighted by Gasteiger charge is -2.41. The van der Waals surface area contributed by atoms with Crippen molar-refractivity contribution in [2.24, 2.45) is 5.90 Å². The molecule has 2 unspecified atom stereocenters. The maximum Gasteiger partial charge on any atom is 0.325 e. The molecule has 3 rings (SSSR count). The lowest BCUT2D eigenvalue weighted by atomic mass is 9.88. The third kappa shape index (κ3) is 5.74. The highest BCUT2D eigenvalue weighted by atomic mass is 35.5. The van der Waals surface area contributed by atoms with Crippen LogP contribution in [0, 0.1) is 5.82 Å². The highest BCUT2D eigenvalue weighted by molar-refractivity contribution is 7.89. The Morgan fingerprint density at radius 3 is 2.47 bits per heavy atom. The number of hydrogen-bond acceptors (Lipinski definition) is 7. The molecule has 1 aliphatic rings. The quantitative estimate of drug-likeness (QED) is 0.450. The van der Waals surface area contributed by atoms with Gasteiger partial charge in [-0.3, -0.25) is 4.79 Å². The van der Waals surface area contributed by atoms with E-state index in [1.807, 2.05) is 0 Å². The van der Waals surface area contributed by atoms with Crippen molar-refractivity contribution in [1.29, 1.82) is 0 Å². The summed E-state index contributed by atoms with van der Waals surface area (Å²) in [6, 6.07) is 7.82. The number of carbonyl (C=O) groups is 1. The molecule has 5 N–H and O–H groups in total. The standard InChI is InChI=1S/C20H21ClFNO6S.H3NO/c1-20(26)9-2-10-23(18(20)19(24)25)30(27,28)16-7-5-15(6-8-16)29-12-13-3-4-14(22)11-17(13)21;1-2/h3-8,11,18,26H,2,9-10,12H2,1H3,(H,24,25);2H,1H2. The van der Waals surface area contributed by atoms with Gasteiger partial charge in [0.1, 0.15) is 18.2 Å². The fourth-order valence-corrected chi connectivity index (χ4v) is 5.40. The Kier molecular flexibility index (Phi) is 8.57. The number of carboxylic acids is 1. The average molecular weight is 491 g/mol. The van der Waals surface area contributed by atoms with Crippen molar-refractivity contribution in [3.8, 4) is 5.75 Å². The predicted octanol–water partition coefficient (Wildman–Crippen LogP) is 2.38. The van der Waals surface area contributed by atoms with Crippen LogP contribution in [-0.4, -0.2) is 52.3 Å². The summed E-state index contributed by atoms with van der Waals surface area (Å²) >= 11 is 5.96. The molecule has 0 saturated carbocycles. The Labute approximate surface area is 189 Å². The second kappa shape index (κ2) is 10.6. The Morgan fingerprint density at radius 2 is 1.91 bits per heavy atom. The first-order chi connectivity index (χ1) is 15.0. The lowest BCUT2D eigenvalue weighted by molar-refractivity contribution is -0.153. The summed E-state index contributed by atoms with van der Waals surface area (Å²) in [7, 11) is -4.15. The molecule has 0 spiro atoms. The third-order valence-corrected chi connectivity index (χ3v) is 7.24. The highest BCUT2D eigenvalue weighted by Crippen LogP contribution is 2.33. The van der Waals surface area contributed by atoms with Crippen molar-refractivity contribution in [3.05, 3.63) is 58.9 Å². The van der Waals surface area contributed by atoms with E-state index in [9.17, 15) is 27.8 Å². The number of benzene rings is 2. The number of rotatable bonds is 6. The van der Waals surface area contributed by atoms with E-state index >= 15 is 0 Å². The molecule has 2 aromatic rings. The van der Waals surface area contributed by atoms with Crippen LogP contribution in [0.4, 0.5) is 4.39 Å². The molecule has 0 amide bonds. The van der Waals surface area contributed by atoms with Gasteiger partial charge in [-0.1, -0.05) is 17.7 Å².